The number of nitrogen functional groups attached to an aromatic ring is 1. The van der Waals surface area contributed by atoms with Crippen molar-refractivity contribution in [1.29, 1.82) is 0 Å². The number of nitrogens with one attached hydrogen (secondary N) is 1. The summed E-state index contributed by atoms with van der Waals surface area (Å²) in [5.41, 5.74) is 11.9. The second-order valence-electron chi connectivity index (χ2n) is 4.51. The van der Waals surface area contributed by atoms with Crippen LogP contribution in [0.15, 0.2) is 23.0 Å². The number of nitrogens with zero attached hydrogens (tertiary/aromatic N) is 1. The largest absolute Gasteiger partial charge is 0.398 e. The fourth-order valence-corrected chi connectivity index (χ4v) is 2.47. The zero-order chi connectivity index (χ0) is 13.8. The summed E-state index contributed by atoms with van der Waals surface area (Å²) in [5.74, 6) is -0.0839. The lowest BCUT2D eigenvalue weighted by atomic mass is 10.0. The Hall–Kier alpha value is -1.88. The number of carbonyl (C=O) groups excluding carboxylic acids is 1. The van der Waals surface area contributed by atoms with Crippen molar-refractivity contribution in [3.8, 4) is 0 Å². The highest BCUT2D eigenvalue weighted by Crippen LogP contribution is 2.17. The van der Waals surface area contributed by atoms with Crippen molar-refractivity contribution in [3.05, 3.63) is 45.4 Å². The van der Waals surface area contributed by atoms with Crippen LogP contribution in [0.25, 0.3) is 0 Å². The van der Waals surface area contributed by atoms with Gasteiger partial charge in [-0.1, -0.05) is 6.07 Å². The Bertz CT molecular complexity index is 579. The third-order valence-electron chi connectivity index (χ3n) is 3.01. The Labute approximate surface area is 116 Å². The fourth-order valence-electron chi connectivity index (χ4n) is 1.87. The molecule has 0 aliphatic carbocycles. The van der Waals surface area contributed by atoms with Gasteiger partial charge in [0.2, 0.25) is 0 Å². The van der Waals surface area contributed by atoms with Crippen LogP contribution in [0.5, 0.6) is 0 Å². The van der Waals surface area contributed by atoms with E-state index in [9.17, 15) is 4.79 Å². The molecule has 0 radical (unpaired) electrons. The van der Waals surface area contributed by atoms with Crippen molar-refractivity contribution in [2.45, 2.75) is 20.3 Å². The lowest BCUT2D eigenvalue weighted by Gasteiger charge is -2.10. The van der Waals surface area contributed by atoms with Crippen LogP contribution in [0.4, 0.5) is 5.69 Å². The molecular formula is C14H17N3OS. The van der Waals surface area contributed by atoms with Crippen molar-refractivity contribution in [1.82, 2.24) is 10.3 Å². The molecule has 5 heteroatoms. The van der Waals surface area contributed by atoms with Crippen LogP contribution in [-0.2, 0) is 6.42 Å². The highest BCUT2D eigenvalue weighted by atomic mass is 32.1. The van der Waals surface area contributed by atoms with Gasteiger partial charge in [-0.3, -0.25) is 4.79 Å². The number of benzene rings is 1. The van der Waals surface area contributed by atoms with Crippen molar-refractivity contribution >= 4 is 22.9 Å². The Morgan fingerprint density at radius 2 is 2.16 bits per heavy atom. The maximum atomic E-state index is 12.1. The Kier molecular flexibility index (Phi) is 4.16. The Morgan fingerprint density at radius 1 is 1.37 bits per heavy atom. The fraction of sp³-hybridized carbons (Fsp3) is 0.286. The first-order valence-corrected chi connectivity index (χ1v) is 7.04. The molecule has 0 atom stereocenters. The number of carbonyl (C=O) groups is 1. The van der Waals surface area contributed by atoms with Gasteiger partial charge in [-0.05, 0) is 31.0 Å². The van der Waals surface area contributed by atoms with Gasteiger partial charge in [-0.25, -0.2) is 4.98 Å². The summed E-state index contributed by atoms with van der Waals surface area (Å²) < 4.78 is 0. The van der Waals surface area contributed by atoms with Gasteiger partial charge in [0.05, 0.1) is 11.2 Å². The first-order chi connectivity index (χ1) is 9.08. The third-order valence-corrected chi connectivity index (χ3v) is 3.64. The molecular weight excluding hydrogens is 258 g/mol. The maximum Gasteiger partial charge on any atom is 0.251 e. The first-order valence-electron chi connectivity index (χ1n) is 6.10. The molecule has 2 rings (SSSR count). The summed E-state index contributed by atoms with van der Waals surface area (Å²) in [6, 6.07) is 3.67. The molecule has 0 unspecified atom stereocenters. The Morgan fingerprint density at radius 3 is 2.84 bits per heavy atom. The van der Waals surface area contributed by atoms with E-state index in [0.717, 1.165) is 23.2 Å². The molecule has 0 spiro atoms. The number of anilines is 1. The zero-order valence-electron chi connectivity index (χ0n) is 11.1. The molecule has 0 fully saturated rings. The number of aromatic nitrogens is 1. The summed E-state index contributed by atoms with van der Waals surface area (Å²) in [6.45, 7) is 4.43. The topological polar surface area (TPSA) is 68.0 Å². The van der Waals surface area contributed by atoms with Crippen LogP contribution < -0.4 is 11.1 Å². The molecule has 0 saturated heterocycles. The molecule has 0 bridgehead atoms. The molecule has 1 aromatic carbocycles. The minimum Gasteiger partial charge on any atom is -0.398 e. The van der Waals surface area contributed by atoms with E-state index in [1.807, 2.05) is 25.3 Å². The highest BCUT2D eigenvalue weighted by molar-refractivity contribution is 7.07. The van der Waals surface area contributed by atoms with Crippen LogP contribution in [0.1, 0.15) is 27.2 Å². The van der Waals surface area contributed by atoms with Crippen LogP contribution >= 0.6 is 11.3 Å². The number of aryl methyl sites for hydroxylation is 2. The number of amides is 1. The standard InChI is InChI=1S/C14H17N3OS/c1-9-5-10(2)13(15)6-12(9)14(18)16-4-3-11-7-19-8-17-11/h5-8H,3-4,15H2,1-2H3,(H,16,18). The molecule has 1 heterocycles. The molecule has 2 aromatic rings. The van der Waals surface area contributed by atoms with Crippen molar-refractivity contribution in [3.63, 3.8) is 0 Å². The molecule has 0 aliphatic rings. The second kappa shape index (κ2) is 5.84. The number of rotatable bonds is 4. The van der Waals surface area contributed by atoms with E-state index in [4.69, 9.17) is 5.73 Å². The molecule has 1 aromatic heterocycles. The molecule has 1 amide bonds. The van der Waals surface area contributed by atoms with E-state index >= 15 is 0 Å². The van der Waals surface area contributed by atoms with Gasteiger partial charge >= 0.3 is 0 Å². The average molecular weight is 275 g/mol. The SMILES string of the molecule is Cc1cc(C)c(C(=O)NCCc2cscn2)cc1N. The van der Waals surface area contributed by atoms with Gasteiger partial charge in [-0.15, -0.1) is 11.3 Å². The second-order valence-corrected chi connectivity index (χ2v) is 5.23. The van der Waals surface area contributed by atoms with E-state index in [1.165, 1.54) is 0 Å². The number of thiazole rings is 1. The number of nitrogens with two attached hydrogens (primary N) is 1. The third kappa shape index (κ3) is 3.32. The van der Waals surface area contributed by atoms with Crippen molar-refractivity contribution in [2.75, 3.05) is 12.3 Å². The minimum atomic E-state index is -0.0839. The summed E-state index contributed by atoms with van der Waals surface area (Å²) in [6.07, 6.45) is 0.746. The molecule has 3 N–H and O–H groups in total. The smallest absolute Gasteiger partial charge is 0.251 e. The summed E-state index contributed by atoms with van der Waals surface area (Å²) in [4.78, 5) is 16.2. The van der Waals surface area contributed by atoms with Crippen molar-refractivity contribution in [2.24, 2.45) is 0 Å². The predicted molar refractivity (Wildman–Crippen MR) is 78.5 cm³/mol. The molecule has 4 nitrogen and oxygen atoms in total. The average Bonchev–Trinajstić information content (AvgIpc) is 2.86. The number of hydrogen-bond donors (Lipinski definition) is 2. The first kappa shape index (κ1) is 13.5. The van der Waals surface area contributed by atoms with Gasteiger partial charge in [0.15, 0.2) is 0 Å². The van der Waals surface area contributed by atoms with Crippen LogP contribution in [0.2, 0.25) is 0 Å². The molecule has 0 saturated carbocycles. The summed E-state index contributed by atoms with van der Waals surface area (Å²) >= 11 is 1.56. The lowest BCUT2D eigenvalue weighted by Crippen LogP contribution is -2.26. The van der Waals surface area contributed by atoms with Crippen LogP contribution in [0.3, 0.4) is 0 Å². The minimum absolute atomic E-state index is 0.0839. The Balaban J connectivity index is 1.98. The van der Waals surface area contributed by atoms with Gasteiger partial charge in [0, 0.05) is 29.6 Å². The normalized spacial score (nSPS) is 10.4. The van der Waals surface area contributed by atoms with Gasteiger partial charge in [-0.2, -0.15) is 0 Å². The van der Waals surface area contributed by atoms with Gasteiger partial charge in [0.1, 0.15) is 0 Å². The molecule has 0 aliphatic heterocycles. The number of hydrogen-bond acceptors (Lipinski definition) is 4. The van der Waals surface area contributed by atoms with Gasteiger partial charge in [0.25, 0.3) is 5.91 Å². The molecule has 100 valence electrons. The van der Waals surface area contributed by atoms with Crippen LogP contribution in [0, 0.1) is 13.8 Å². The summed E-state index contributed by atoms with van der Waals surface area (Å²) in [7, 11) is 0. The van der Waals surface area contributed by atoms with E-state index in [2.05, 4.69) is 10.3 Å². The summed E-state index contributed by atoms with van der Waals surface area (Å²) in [5, 5.41) is 4.88. The quantitative estimate of drug-likeness (QED) is 0.841. The monoisotopic (exact) mass is 275 g/mol. The van der Waals surface area contributed by atoms with Crippen molar-refractivity contribution < 1.29 is 4.79 Å². The maximum absolute atomic E-state index is 12.1. The van der Waals surface area contributed by atoms with Crippen LogP contribution in [-0.4, -0.2) is 17.4 Å². The zero-order valence-corrected chi connectivity index (χ0v) is 11.9. The van der Waals surface area contributed by atoms with Gasteiger partial charge < -0.3 is 11.1 Å². The predicted octanol–water partition coefficient (Wildman–Crippen LogP) is 2.31. The molecule has 19 heavy (non-hydrogen) atoms. The lowest BCUT2D eigenvalue weighted by molar-refractivity contribution is 0.0953. The highest BCUT2D eigenvalue weighted by Gasteiger charge is 2.10. The van der Waals surface area contributed by atoms with E-state index in [1.54, 1.807) is 22.9 Å². The van der Waals surface area contributed by atoms with E-state index in [0.29, 0.717) is 17.8 Å². The van der Waals surface area contributed by atoms with E-state index in [-0.39, 0.29) is 5.91 Å². The van der Waals surface area contributed by atoms with E-state index < -0.39 is 0 Å².